The molecule has 1 aromatic heterocycles. The number of aromatic nitrogens is 2. The fraction of sp³-hybridized carbons (Fsp3) is 0.300. The van der Waals surface area contributed by atoms with Crippen LogP contribution in [0.1, 0.15) is 30.7 Å². The SMILES string of the molecule is COC[C@H](C)n1c(S[C@H](C)c2ccc(F)cc2)nc2ccccc2c1=O. The smallest absolute Gasteiger partial charge is 0.262 e. The zero-order valence-corrected chi connectivity index (χ0v) is 15.8. The topological polar surface area (TPSA) is 44.1 Å². The van der Waals surface area contributed by atoms with Crippen LogP contribution in [0.5, 0.6) is 0 Å². The van der Waals surface area contributed by atoms with Crippen LogP contribution in [-0.4, -0.2) is 23.3 Å². The van der Waals surface area contributed by atoms with Gasteiger partial charge in [-0.25, -0.2) is 9.37 Å². The minimum atomic E-state index is -0.264. The third-order valence-corrected chi connectivity index (χ3v) is 5.37. The number of fused-ring (bicyclic) bond motifs is 1. The molecule has 3 aromatic rings. The van der Waals surface area contributed by atoms with Crippen LogP contribution in [0.25, 0.3) is 10.9 Å². The van der Waals surface area contributed by atoms with Crippen LogP contribution < -0.4 is 5.56 Å². The van der Waals surface area contributed by atoms with Crippen molar-refractivity contribution in [3.8, 4) is 0 Å². The van der Waals surface area contributed by atoms with Crippen molar-refractivity contribution in [2.45, 2.75) is 30.3 Å². The molecule has 0 amide bonds. The Morgan fingerprint density at radius 2 is 1.85 bits per heavy atom. The number of thioether (sulfide) groups is 1. The van der Waals surface area contributed by atoms with Crippen LogP contribution in [0.3, 0.4) is 0 Å². The van der Waals surface area contributed by atoms with Crippen molar-refractivity contribution in [2.75, 3.05) is 13.7 Å². The van der Waals surface area contributed by atoms with Crippen molar-refractivity contribution in [3.05, 3.63) is 70.3 Å². The normalized spacial score (nSPS) is 13.7. The third-order valence-electron chi connectivity index (χ3n) is 4.25. The number of para-hydroxylation sites is 1. The van der Waals surface area contributed by atoms with E-state index >= 15 is 0 Å². The van der Waals surface area contributed by atoms with Gasteiger partial charge in [-0.05, 0) is 43.7 Å². The molecule has 136 valence electrons. The number of rotatable bonds is 6. The number of nitrogens with zero attached hydrogens (tertiary/aromatic N) is 2. The van der Waals surface area contributed by atoms with Gasteiger partial charge in [-0.3, -0.25) is 9.36 Å². The lowest BCUT2D eigenvalue weighted by molar-refractivity contribution is 0.156. The van der Waals surface area contributed by atoms with E-state index in [-0.39, 0.29) is 22.7 Å². The second-order valence-electron chi connectivity index (χ2n) is 6.20. The Balaban J connectivity index is 2.06. The van der Waals surface area contributed by atoms with E-state index in [1.165, 1.54) is 23.9 Å². The van der Waals surface area contributed by atoms with Gasteiger partial charge >= 0.3 is 0 Å². The van der Waals surface area contributed by atoms with Gasteiger partial charge in [0.1, 0.15) is 5.82 Å². The molecule has 26 heavy (non-hydrogen) atoms. The number of ether oxygens (including phenoxy) is 1. The van der Waals surface area contributed by atoms with E-state index in [1.807, 2.05) is 32.0 Å². The monoisotopic (exact) mass is 372 g/mol. The molecule has 1 heterocycles. The van der Waals surface area contributed by atoms with Crippen LogP contribution in [0.15, 0.2) is 58.5 Å². The maximum atomic E-state index is 13.2. The highest BCUT2D eigenvalue weighted by Gasteiger charge is 2.19. The Kier molecular flexibility index (Phi) is 5.74. The zero-order chi connectivity index (χ0) is 18.7. The van der Waals surface area contributed by atoms with Gasteiger partial charge in [-0.2, -0.15) is 0 Å². The average molecular weight is 372 g/mol. The first-order valence-electron chi connectivity index (χ1n) is 8.43. The van der Waals surface area contributed by atoms with Crippen LogP contribution in [-0.2, 0) is 4.74 Å². The number of hydrogen-bond donors (Lipinski definition) is 0. The van der Waals surface area contributed by atoms with E-state index in [4.69, 9.17) is 9.72 Å². The highest BCUT2D eigenvalue weighted by molar-refractivity contribution is 7.99. The average Bonchev–Trinajstić information content (AvgIpc) is 2.62. The minimum absolute atomic E-state index is 0.0182. The van der Waals surface area contributed by atoms with E-state index in [0.29, 0.717) is 22.7 Å². The molecule has 0 bridgehead atoms. The summed E-state index contributed by atoms with van der Waals surface area (Å²) in [6, 6.07) is 13.6. The van der Waals surface area contributed by atoms with Crippen LogP contribution in [0, 0.1) is 5.82 Å². The summed E-state index contributed by atoms with van der Waals surface area (Å²) in [6.07, 6.45) is 0. The first kappa shape index (κ1) is 18.6. The van der Waals surface area contributed by atoms with Crippen LogP contribution in [0.4, 0.5) is 4.39 Å². The van der Waals surface area contributed by atoms with Gasteiger partial charge in [0.25, 0.3) is 5.56 Å². The fourth-order valence-electron chi connectivity index (χ4n) is 2.87. The lowest BCUT2D eigenvalue weighted by Crippen LogP contribution is -2.28. The molecular formula is C20H21FN2O2S. The van der Waals surface area contributed by atoms with E-state index in [1.54, 1.807) is 29.9 Å². The molecule has 0 radical (unpaired) electrons. The predicted molar refractivity (Wildman–Crippen MR) is 103 cm³/mol. The summed E-state index contributed by atoms with van der Waals surface area (Å²) in [5.74, 6) is -0.264. The molecule has 0 aliphatic carbocycles. The number of hydrogen-bond acceptors (Lipinski definition) is 4. The summed E-state index contributed by atoms with van der Waals surface area (Å²) in [6.45, 7) is 4.37. The maximum absolute atomic E-state index is 13.2. The molecule has 0 saturated carbocycles. The molecule has 2 atom stereocenters. The van der Waals surface area contributed by atoms with Crippen molar-refractivity contribution in [1.29, 1.82) is 0 Å². The van der Waals surface area contributed by atoms with Gasteiger partial charge in [0.15, 0.2) is 5.16 Å². The molecule has 0 unspecified atom stereocenters. The molecule has 4 nitrogen and oxygen atoms in total. The molecule has 2 aromatic carbocycles. The van der Waals surface area contributed by atoms with Gasteiger partial charge in [-0.1, -0.05) is 36.0 Å². The number of benzene rings is 2. The highest BCUT2D eigenvalue weighted by Crippen LogP contribution is 2.34. The van der Waals surface area contributed by atoms with Crippen molar-refractivity contribution in [2.24, 2.45) is 0 Å². The predicted octanol–water partition coefficient (Wildman–Crippen LogP) is 4.60. The second-order valence-corrected chi connectivity index (χ2v) is 7.51. The van der Waals surface area contributed by atoms with Crippen LogP contribution in [0.2, 0.25) is 0 Å². The number of methoxy groups -OCH3 is 1. The summed E-state index contributed by atoms with van der Waals surface area (Å²) >= 11 is 1.49. The van der Waals surface area contributed by atoms with Crippen LogP contribution >= 0.6 is 11.8 Å². The largest absolute Gasteiger partial charge is 0.383 e. The van der Waals surface area contributed by atoms with Crippen molar-refractivity contribution >= 4 is 22.7 Å². The quantitative estimate of drug-likeness (QED) is 0.469. The lowest BCUT2D eigenvalue weighted by Gasteiger charge is -2.21. The first-order valence-corrected chi connectivity index (χ1v) is 9.31. The summed E-state index contributed by atoms with van der Waals surface area (Å²) in [5.41, 5.74) is 1.57. The summed E-state index contributed by atoms with van der Waals surface area (Å²) < 4.78 is 20.1. The van der Waals surface area contributed by atoms with Crippen molar-refractivity contribution in [1.82, 2.24) is 9.55 Å². The lowest BCUT2D eigenvalue weighted by atomic mass is 10.2. The molecule has 0 aliphatic rings. The van der Waals surface area contributed by atoms with Crippen molar-refractivity contribution in [3.63, 3.8) is 0 Å². The summed E-state index contributed by atoms with van der Waals surface area (Å²) in [4.78, 5) is 17.8. The van der Waals surface area contributed by atoms with Gasteiger partial charge in [0.05, 0.1) is 23.6 Å². The van der Waals surface area contributed by atoms with E-state index in [2.05, 4.69) is 0 Å². The van der Waals surface area contributed by atoms with Crippen molar-refractivity contribution < 1.29 is 9.13 Å². The van der Waals surface area contributed by atoms with Gasteiger partial charge in [-0.15, -0.1) is 0 Å². The Labute approximate surface area is 156 Å². The molecular weight excluding hydrogens is 351 g/mol. The molecule has 0 saturated heterocycles. The molecule has 0 aliphatic heterocycles. The number of halogens is 1. The molecule has 3 rings (SSSR count). The van der Waals surface area contributed by atoms with E-state index in [9.17, 15) is 9.18 Å². The zero-order valence-electron chi connectivity index (χ0n) is 15.0. The fourth-order valence-corrected chi connectivity index (χ4v) is 4.01. The molecule has 6 heteroatoms. The Hall–Kier alpha value is -2.18. The molecule has 0 fully saturated rings. The molecule has 0 N–H and O–H groups in total. The highest BCUT2D eigenvalue weighted by atomic mass is 32.2. The second kappa shape index (κ2) is 8.01. The minimum Gasteiger partial charge on any atom is -0.383 e. The Morgan fingerprint density at radius 3 is 2.54 bits per heavy atom. The van der Waals surface area contributed by atoms with Gasteiger partial charge in [0.2, 0.25) is 0 Å². The summed E-state index contributed by atoms with van der Waals surface area (Å²) in [7, 11) is 1.62. The van der Waals surface area contributed by atoms with Gasteiger partial charge < -0.3 is 4.74 Å². The van der Waals surface area contributed by atoms with E-state index < -0.39 is 0 Å². The standard InChI is InChI=1S/C20H21FN2O2S/c1-13(12-25-3)23-19(24)17-6-4-5-7-18(17)22-20(23)26-14(2)15-8-10-16(21)11-9-15/h4-11,13-14H,12H2,1-3H3/t13-,14+/m0/s1. The summed E-state index contributed by atoms with van der Waals surface area (Å²) in [5, 5.41) is 1.24. The Morgan fingerprint density at radius 1 is 1.15 bits per heavy atom. The van der Waals surface area contributed by atoms with Gasteiger partial charge in [0, 0.05) is 12.4 Å². The third kappa shape index (κ3) is 3.81. The van der Waals surface area contributed by atoms with E-state index in [0.717, 1.165) is 5.56 Å². The maximum Gasteiger partial charge on any atom is 0.262 e. The molecule has 0 spiro atoms. The Bertz CT molecular complexity index is 956. The first-order chi connectivity index (χ1) is 12.5.